The van der Waals surface area contributed by atoms with Crippen LogP contribution in [0, 0.1) is 5.92 Å². The second-order valence-corrected chi connectivity index (χ2v) is 7.68. The monoisotopic (exact) mass is 332 g/mol. The Hall–Kier alpha value is -1.44. The summed E-state index contributed by atoms with van der Waals surface area (Å²) < 4.78 is 59.7. The molecule has 0 radical (unpaired) electrons. The zero-order chi connectivity index (χ0) is 15.8. The number of ether oxygens (including phenoxy) is 1. The van der Waals surface area contributed by atoms with Crippen LogP contribution < -0.4 is 9.04 Å². The van der Waals surface area contributed by atoms with E-state index in [1.807, 2.05) is 0 Å². The first kappa shape index (κ1) is 15.5. The zero-order valence-electron chi connectivity index (χ0n) is 12.0. The molecular weight excluding hydrogens is 314 g/mol. The molecule has 1 aliphatic heterocycles. The molecule has 5 nitrogen and oxygen atoms in total. The van der Waals surface area contributed by atoms with Crippen molar-refractivity contribution in [3.8, 4) is 5.75 Å². The molecule has 3 rings (SSSR count). The summed E-state index contributed by atoms with van der Waals surface area (Å²) in [6.07, 6.45) is 4.02. The van der Waals surface area contributed by atoms with E-state index in [-0.39, 0.29) is 26.0 Å². The molecule has 122 valence electrons. The van der Waals surface area contributed by atoms with Gasteiger partial charge in [0.2, 0.25) is 10.0 Å². The van der Waals surface area contributed by atoms with Gasteiger partial charge in [-0.25, -0.2) is 17.2 Å². The standard InChI is InChI=1S/C14H18F2N2O3S/c15-14(16)5-2-1-3-11(14)10-22(19,20)18-7-8-21-13-4-6-17-9-12(13)18/h4,6,9,11H,1-3,5,7-8,10H2. The molecule has 1 aromatic rings. The van der Waals surface area contributed by atoms with Crippen LogP contribution in [0.2, 0.25) is 0 Å². The number of rotatable bonds is 3. The highest BCUT2D eigenvalue weighted by Gasteiger charge is 2.45. The molecule has 2 heterocycles. The number of pyridine rings is 1. The molecule has 2 aliphatic rings. The van der Waals surface area contributed by atoms with Gasteiger partial charge >= 0.3 is 0 Å². The Morgan fingerprint density at radius 2 is 2.23 bits per heavy atom. The number of hydrogen-bond acceptors (Lipinski definition) is 4. The van der Waals surface area contributed by atoms with Crippen molar-refractivity contribution in [3.05, 3.63) is 18.5 Å². The van der Waals surface area contributed by atoms with Crippen LogP contribution in [0.4, 0.5) is 14.5 Å². The molecule has 22 heavy (non-hydrogen) atoms. The van der Waals surface area contributed by atoms with Crippen molar-refractivity contribution in [1.29, 1.82) is 0 Å². The van der Waals surface area contributed by atoms with Crippen LogP contribution in [0.25, 0.3) is 0 Å². The minimum absolute atomic E-state index is 0.124. The average Bonchev–Trinajstić information content (AvgIpc) is 2.48. The number of anilines is 1. The molecule has 1 fully saturated rings. The van der Waals surface area contributed by atoms with Gasteiger partial charge in [-0.05, 0) is 12.8 Å². The van der Waals surface area contributed by atoms with Gasteiger partial charge in [-0.3, -0.25) is 9.29 Å². The SMILES string of the molecule is O=S(=O)(CC1CCCCC1(F)F)N1CCOc2ccncc21. The molecule has 1 aliphatic carbocycles. The maximum Gasteiger partial charge on any atom is 0.251 e. The highest BCUT2D eigenvalue weighted by atomic mass is 32.2. The second kappa shape index (κ2) is 5.64. The van der Waals surface area contributed by atoms with Gasteiger partial charge in [-0.2, -0.15) is 0 Å². The number of aromatic nitrogens is 1. The summed E-state index contributed by atoms with van der Waals surface area (Å²) in [6, 6.07) is 1.58. The van der Waals surface area contributed by atoms with E-state index in [4.69, 9.17) is 4.74 Å². The maximum absolute atomic E-state index is 13.9. The fourth-order valence-electron chi connectivity index (χ4n) is 3.05. The third-order valence-corrected chi connectivity index (χ3v) is 6.11. The van der Waals surface area contributed by atoms with Crippen molar-refractivity contribution in [3.63, 3.8) is 0 Å². The van der Waals surface area contributed by atoms with E-state index >= 15 is 0 Å². The largest absolute Gasteiger partial charge is 0.489 e. The first-order valence-electron chi connectivity index (χ1n) is 7.35. The first-order chi connectivity index (χ1) is 10.4. The number of fused-ring (bicyclic) bond motifs is 1. The lowest BCUT2D eigenvalue weighted by atomic mass is 9.87. The van der Waals surface area contributed by atoms with Crippen LogP contribution in [0.5, 0.6) is 5.75 Å². The van der Waals surface area contributed by atoms with E-state index < -0.39 is 27.6 Å². The molecule has 1 saturated carbocycles. The van der Waals surface area contributed by atoms with Crippen LogP contribution in [-0.2, 0) is 10.0 Å². The molecule has 1 unspecified atom stereocenters. The van der Waals surface area contributed by atoms with Gasteiger partial charge in [-0.1, -0.05) is 6.42 Å². The predicted molar refractivity (Wildman–Crippen MR) is 77.8 cm³/mol. The van der Waals surface area contributed by atoms with Gasteiger partial charge < -0.3 is 4.74 Å². The summed E-state index contributed by atoms with van der Waals surface area (Å²) in [6.45, 7) is 0.330. The third kappa shape index (κ3) is 2.88. The van der Waals surface area contributed by atoms with E-state index in [9.17, 15) is 17.2 Å². The molecule has 1 aromatic heterocycles. The Labute approximate surface area is 128 Å². The Morgan fingerprint density at radius 3 is 3.00 bits per heavy atom. The van der Waals surface area contributed by atoms with E-state index in [1.54, 1.807) is 6.07 Å². The Morgan fingerprint density at radius 1 is 1.41 bits per heavy atom. The lowest BCUT2D eigenvalue weighted by Gasteiger charge is -2.35. The number of sulfonamides is 1. The van der Waals surface area contributed by atoms with Gasteiger partial charge in [0.1, 0.15) is 18.0 Å². The molecule has 0 amide bonds. The van der Waals surface area contributed by atoms with Gasteiger partial charge in [0.15, 0.2) is 0 Å². The molecule has 0 aromatic carbocycles. The lowest BCUT2D eigenvalue weighted by molar-refractivity contribution is -0.0770. The fraction of sp³-hybridized carbons (Fsp3) is 0.643. The predicted octanol–water partition coefficient (Wildman–Crippen LogP) is 2.44. The zero-order valence-corrected chi connectivity index (χ0v) is 12.9. The molecule has 0 N–H and O–H groups in total. The first-order valence-corrected chi connectivity index (χ1v) is 8.96. The quantitative estimate of drug-likeness (QED) is 0.853. The van der Waals surface area contributed by atoms with Crippen LogP contribution >= 0.6 is 0 Å². The van der Waals surface area contributed by atoms with Gasteiger partial charge in [0.25, 0.3) is 5.92 Å². The van der Waals surface area contributed by atoms with E-state index in [0.29, 0.717) is 24.3 Å². The molecule has 8 heteroatoms. The summed E-state index contributed by atoms with van der Waals surface area (Å²) in [5.74, 6) is -4.14. The number of alkyl halides is 2. The van der Waals surface area contributed by atoms with Gasteiger partial charge in [-0.15, -0.1) is 0 Å². The topological polar surface area (TPSA) is 59.5 Å². The third-order valence-electron chi connectivity index (χ3n) is 4.24. The summed E-state index contributed by atoms with van der Waals surface area (Å²) in [4.78, 5) is 3.90. The minimum Gasteiger partial charge on any atom is -0.489 e. The summed E-state index contributed by atoms with van der Waals surface area (Å²) >= 11 is 0. The van der Waals surface area contributed by atoms with Crippen molar-refractivity contribution in [2.45, 2.75) is 31.6 Å². The van der Waals surface area contributed by atoms with E-state index in [2.05, 4.69) is 4.98 Å². The Kier molecular flexibility index (Phi) is 3.96. The second-order valence-electron chi connectivity index (χ2n) is 5.75. The Balaban J connectivity index is 1.85. The van der Waals surface area contributed by atoms with Gasteiger partial charge in [0, 0.05) is 24.6 Å². The highest BCUT2D eigenvalue weighted by Crippen LogP contribution is 2.40. The van der Waals surface area contributed by atoms with Gasteiger partial charge in [0.05, 0.1) is 18.5 Å². The molecular formula is C14H18F2N2O3S. The van der Waals surface area contributed by atoms with Crippen molar-refractivity contribution in [1.82, 2.24) is 4.98 Å². The van der Waals surface area contributed by atoms with Crippen molar-refractivity contribution in [2.75, 3.05) is 23.2 Å². The average molecular weight is 332 g/mol. The van der Waals surface area contributed by atoms with Crippen LogP contribution in [0.3, 0.4) is 0 Å². The molecule has 0 saturated heterocycles. The van der Waals surface area contributed by atoms with E-state index in [1.165, 1.54) is 12.4 Å². The number of nitrogens with zero attached hydrogens (tertiary/aromatic N) is 2. The van der Waals surface area contributed by atoms with Crippen LogP contribution in [0.15, 0.2) is 18.5 Å². The van der Waals surface area contributed by atoms with Crippen molar-refractivity contribution in [2.24, 2.45) is 5.92 Å². The molecule has 1 atom stereocenters. The summed E-state index contributed by atoms with van der Waals surface area (Å²) in [5.41, 5.74) is 0.327. The summed E-state index contributed by atoms with van der Waals surface area (Å²) in [5, 5.41) is 0. The van der Waals surface area contributed by atoms with Crippen LogP contribution in [0.1, 0.15) is 25.7 Å². The highest BCUT2D eigenvalue weighted by molar-refractivity contribution is 7.92. The maximum atomic E-state index is 13.9. The minimum atomic E-state index is -3.83. The summed E-state index contributed by atoms with van der Waals surface area (Å²) in [7, 11) is -3.83. The lowest BCUT2D eigenvalue weighted by Crippen LogP contribution is -2.44. The fourth-order valence-corrected chi connectivity index (χ4v) is 4.94. The molecule has 0 bridgehead atoms. The smallest absolute Gasteiger partial charge is 0.251 e. The number of halogens is 2. The van der Waals surface area contributed by atoms with Crippen LogP contribution in [-0.4, -0.2) is 38.2 Å². The van der Waals surface area contributed by atoms with Crippen molar-refractivity contribution >= 4 is 15.7 Å². The van der Waals surface area contributed by atoms with E-state index in [0.717, 1.165) is 4.31 Å². The van der Waals surface area contributed by atoms with Crippen molar-refractivity contribution < 1.29 is 21.9 Å². The molecule has 0 spiro atoms. The number of hydrogen-bond donors (Lipinski definition) is 0. The Bertz CT molecular complexity index is 651. The normalized spacial score (nSPS) is 24.5.